The highest BCUT2D eigenvalue weighted by molar-refractivity contribution is 7.21. The van der Waals surface area contributed by atoms with E-state index >= 15 is 0 Å². The first-order chi connectivity index (χ1) is 12.6. The van der Waals surface area contributed by atoms with Crippen LogP contribution in [0.25, 0.3) is 10.2 Å². The summed E-state index contributed by atoms with van der Waals surface area (Å²) in [7, 11) is 0. The second-order valence-corrected chi connectivity index (χ2v) is 7.69. The predicted molar refractivity (Wildman–Crippen MR) is 107 cm³/mol. The van der Waals surface area contributed by atoms with Gasteiger partial charge >= 0.3 is 0 Å². The number of thiophene rings is 1. The first-order valence-corrected chi connectivity index (χ1v) is 9.68. The van der Waals surface area contributed by atoms with Crippen LogP contribution in [0.5, 0.6) is 0 Å². The number of fused-ring (bicyclic) bond motifs is 2. The van der Waals surface area contributed by atoms with Gasteiger partial charge in [-0.1, -0.05) is 18.2 Å². The van der Waals surface area contributed by atoms with Gasteiger partial charge in [0.2, 0.25) is 0 Å². The van der Waals surface area contributed by atoms with E-state index in [0.29, 0.717) is 17.1 Å². The van der Waals surface area contributed by atoms with Crippen LogP contribution in [0.1, 0.15) is 32.1 Å². The number of nitrogens with one attached hydrogen (secondary N) is 2. The van der Waals surface area contributed by atoms with Gasteiger partial charge in [-0.05, 0) is 55.1 Å². The summed E-state index contributed by atoms with van der Waals surface area (Å²) >= 11 is 1.35. The number of aromatic nitrogens is 1. The Bertz CT molecular complexity index is 979. The largest absolute Gasteiger partial charge is 0.397 e. The van der Waals surface area contributed by atoms with Gasteiger partial charge in [0.15, 0.2) is 0 Å². The molecule has 2 aromatic heterocycles. The average molecular weight is 366 g/mol. The van der Waals surface area contributed by atoms with Gasteiger partial charge < -0.3 is 16.4 Å². The van der Waals surface area contributed by atoms with Crippen molar-refractivity contribution < 1.29 is 4.79 Å². The monoisotopic (exact) mass is 366 g/mol. The molecule has 0 radical (unpaired) electrons. The quantitative estimate of drug-likeness (QED) is 0.663. The average Bonchev–Trinajstić information content (AvgIpc) is 2.97. The fraction of sp³-hybridized carbons (Fsp3) is 0.300. The molecule has 134 valence electrons. The van der Waals surface area contributed by atoms with Crippen molar-refractivity contribution in [3.8, 4) is 0 Å². The molecule has 1 aliphatic rings. The smallest absolute Gasteiger partial charge is 0.263 e. The van der Waals surface area contributed by atoms with Crippen molar-refractivity contribution >= 4 is 33.1 Å². The maximum Gasteiger partial charge on any atom is 0.263 e. The Hall–Kier alpha value is -2.44. The number of carbonyl (C=O) groups is 1. The Morgan fingerprint density at radius 2 is 2.19 bits per heavy atom. The maximum atomic E-state index is 12.5. The van der Waals surface area contributed by atoms with Gasteiger partial charge in [-0.3, -0.25) is 4.79 Å². The van der Waals surface area contributed by atoms with Gasteiger partial charge in [-0.25, -0.2) is 4.98 Å². The van der Waals surface area contributed by atoms with Gasteiger partial charge in [-0.2, -0.15) is 0 Å². The van der Waals surface area contributed by atoms with Crippen LogP contribution in [0.15, 0.2) is 30.3 Å². The lowest BCUT2D eigenvalue weighted by molar-refractivity contribution is 0.0959. The first-order valence-electron chi connectivity index (χ1n) is 8.87. The summed E-state index contributed by atoms with van der Waals surface area (Å²) in [4.78, 5) is 18.3. The zero-order chi connectivity index (χ0) is 18.1. The van der Waals surface area contributed by atoms with E-state index in [0.717, 1.165) is 41.8 Å². The van der Waals surface area contributed by atoms with Crippen molar-refractivity contribution in [2.24, 2.45) is 0 Å². The Morgan fingerprint density at radius 3 is 3.08 bits per heavy atom. The number of nitrogens with two attached hydrogens (primary N) is 1. The maximum absolute atomic E-state index is 12.5. The van der Waals surface area contributed by atoms with Crippen LogP contribution in [0, 0.1) is 6.92 Å². The van der Waals surface area contributed by atoms with Gasteiger partial charge in [0.1, 0.15) is 9.71 Å². The number of nitrogens with zero attached hydrogens (tertiary/aromatic N) is 1. The highest BCUT2D eigenvalue weighted by Gasteiger charge is 2.17. The fourth-order valence-corrected chi connectivity index (χ4v) is 4.40. The molecule has 3 heterocycles. The fourth-order valence-electron chi connectivity index (χ4n) is 3.35. The van der Waals surface area contributed by atoms with E-state index in [4.69, 9.17) is 5.73 Å². The molecule has 1 amide bonds. The van der Waals surface area contributed by atoms with E-state index in [1.54, 1.807) is 0 Å². The lowest BCUT2D eigenvalue weighted by Gasteiger charge is -2.18. The lowest BCUT2D eigenvalue weighted by atomic mass is 9.97. The van der Waals surface area contributed by atoms with E-state index in [1.165, 1.54) is 28.0 Å². The second-order valence-electron chi connectivity index (χ2n) is 6.69. The van der Waals surface area contributed by atoms with E-state index < -0.39 is 0 Å². The van der Waals surface area contributed by atoms with E-state index in [9.17, 15) is 4.79 Å². The highest BCUT2D eigenvalue weighted by atomic mass is 32.1. The van der Waals surface area contributed by atoms with E-state index in [-0.39, 0.29) is 5.91 Å². The summed E-state index contributed by atoms with van der Waals surface area (Å²) in [6, 6.07) is 10.5. The normalized spacial score (nSPS) is 13.6. The van der Waals surface area contributed by atoms with Crippen LogP contribution in [0.4, 0.5) is 5.69 Å². The van der Waals surface area contributed by atoms with Crippen LogP contribution in [-0.4, -0.2) is 24.0 Å². The van der Waals surface area contributed by atoms with Crippen molar-refractivity contribution in [1.82, 2.24) is 15.6 Å². The molecule has 3 aromatic rings. The van der Waals surface area contributed by atoms with Crippen molar-refractivity contribution in [3.63, 3.8) is 0 Å². The molecule has 6 heteroatoms. The number of amides is 1. The zero-order valence-electron chi connectivity index (χ0n) is 14.8. The standard InChI is InChI=1S/C20H22N4OS/c1-12-2-5-16-17(21)18(26-20(16)24-12)19(25)23-9-6-13-3-4-14-7-8-22-11-15(14)10-13/h2-5,10,22H,6-9,11,21H2,1H3,(H,23,25). The molecule has 4 N–H and O–H groups in total. The van der Waals surface area contributed by atoms with Gasteiger partial charge in [0.05, 0.1) is 5.69 Å². The molecule has 0 aliphatic carbocycles. The number of anilines is 1. The molecule has 0 unspecified atom stereocenters. The molecule has 0 saturated heterocycles. The van der Waals surface area contributed by atoms with Crippen molar-refractivity contribution in [3.05, 3.63) is 57.6 Å². The van der Waals surface area contributed by atoms with Crippen LogP contribution in [0.2, 0.25) is 0 Å². The summed E-state index contributed by atoms with van der Waals surface area (Å²) in [5.41, 5.74) is 11.6. The van der Waals surface area contributed by atoms with Gasteiger partial charge in [0.25, 0.3) is 5.91 Å². The van der Waals surface area contributed by atoms with Gasteiger partial charge in [0, 0.05) is 24.2 Å². The molecular weight excluding hydrogens is 344 g/mol. The van der Waals surface area contributed by atoms with Crippen molar-refractivity contribution in [2.75, 3.05) is 18.8 Å². The van der Waals surface area contributed by atoms with E-state index in [2.05, 4.69) is 33.8 Å². The number of rotatable bonds is 4. The Morgan fingerprint density at radius 1 is 1.31 bits per heavy atom. The molecule has 26 heavy (non-hydrogen) atoms. The third-order valence-corrected chi connectivity index (χ3v) is 5.91. The first kappa shape index (κ1) is 17.0. The third-order valence-electron chi connectivity index (χ3n) is 4.80. The molecule has 4 rings (SSSR count). The number of benzene rings is 1. The summed E-state index contributed by atoms with van der Waals surface area (Å²) in [6.45, 7) is 4.50. The molecule has 1 aliphatic heterocycles. The van der Waals surface area contributed by atoms with Crippen LogP contribution in [-0.2, 0) is 19.4 Å². The third kappa shape index (κ3) is 3.30. The minimum Gasteiger partial charge on any atom is -0.397 e. The Kier molecular flexibility index (Phi) is 4.61. The number of carbonyl (C=O) groups excluding carboxylic acids is 1. The molecule has 0 bridgehead atoms. The minimum absolute atomic E-state index is 0.122. The topological polar surface area (TPSA) is 80.0 Å². The number of nitrogen functional groups attached to an aromatic ring is 1. The molecule has 5 nitrogen and oxygen atoms in total. The minimum atomic E-state index is -0.122. The number of hydrogen-bond donors (Lipinski definition) is 3. The summed E-state index contributed by atoms with van der Waals surface area (Å²) in [5, 5.41) is 7.25. The van der Waals surface area contributed by atoms with Gasteiger partial charge in [-0.15, -0.1) is 11.3 Å². The lowest BCUT2D eigenvalue weighted by Crippen LogP contribution is -2.26. The second kappa shape index (κ2) is 7.05. The zero-order valence-corrected chi connectivity index (χ0v) is 15.6. The van der Waals surface area contributed by atoms with Crippen LogP contribution in [0.3, 0.4) is 0 Å². The highest BCUT2D eigenvalue weighted by Crippen LogP contribution is 2.32. The van der Waals surface area contributed by atoms with Crippen LogP contribution >= 0.6 is 11.3 Å². The number of hydrogen-bond acceptors (Lipinski definition) is 5. The summed E-state index contributed by atoms with van der Waals surface area (Å²) < 4.78 is 0. The van der Waals surface area contributed by atoms with E-state index in [1.807, 2.05) is 19.1 Å². The molecular formula is C20H22N4OS. The Balaban J connectivity index is 1.42. The molecule has 0 saturated carbocycles. The summed E-state index contributed by atoms with van der Waals surface area (Å²) in [5.74, 6) is -0.122. The molecule has 0 fully saturated rings. The molecule has 0 spiro atoms. The SMILES string of the molecule is Cc1ccc2c(N)c(C(=O)NCCc3ccc4c(c3)CNCC4)sc2n1. The predicted octanol–water partition coefficient (Wildman–Crippen LogP) is 2.81. The van der Waals surface area contributed by atoms with Crippen LogP contribution < -0.4 is 16.4 Å². The molecule has 0 atom stereocenters. The van der Waals surface area contributed by atoms with Crippen molar-refractivity contribution in [2.45, 2.75) is 26.3 Å². The number of aryl methyl sites for hydroxylation is 1. The van der Waals surface area contributed by atoms with Crippen molar-refractivity contribution in [1.29, 1.82) is 0 Å². The molecule has 1 aromatic carbocycles. The summed E-state index contributed by atoms with van der Waals surface area (Å²) in [6.07, 6.45) is 1.90. The Labute approximate surface area is 156 Å². The number of pyridine rings is 1.